The van der Waals surface area contributed by atoms with Crippen LogP contribution in [0.15, 0.2) is 186 Å². The highest BCUT2D eigenvalue weighted by molar-refractivity contribution is 6.22. The van der Waals surface area contributed by atoms with E-state index >= 15 is 0 Å². The second-order valence-corrected chi connectivity index (χ2v) is 12.0. The molecule has 0 saturated carbocycles. The van der Waals surface area contributed by atoms with Crippen LogP contribution in [0, 0.1) is 0 Å². The van der Waals surface area contributed by atoms with Gasteiger partial charge in [0, 0.05) is 10.8 Å². The van der Waals surface area contributed by atoms with Gasteiger partial charge >= 0.3 is 0 Å². The minimum atomic E-state index is -0.661. The van der Waals surface area contributed by atoms with Crippen LogP contribution in [0.25, 0.3) is 98.8 Å². The average molecular weight is 634 g/mol. The molecule has 0 N–H and O–H groups in total. The summed E-state index contributed by atoms with van der Waals surface area (Å²) >= 11 is 0. The first-order chi connectivity index (χ1) is 28.9. The lowest BCUT2D eigenvalue weighted by molar-refractivity contribution is 0.669. The predicted octanol–water partition coefficient (Wildman–Crippen LogP) is 13.7. The zero-order valence-corrected chi connectivity index (χ0v) is 25.9. The van der Waals surface area contributed by atoms with Crippen molar-refractivity contribution in [1.82, 2.24) is 0 Å². The Morgan fingerprint density at radius 3 is 1.80 bits per heavy atom. The molecule has 10 aromatic rings. The van der Waals surface area contributed by atoms with Crippen LogP contribution in [0.1, 0.15) is 15.1 Å². The van der Waals surface area contributed by atoms with Crippen molar-refractivity contribution in [2.75, 3.05) is 0 Å². The summed E-state index contributed by atoms with van der Waals surface area (Å²) in [7, 11) is 0. The van der Waals surface area contributed by atoms with Gasteiger partial charge < -0.3 is 4.42 Å². The standard InChI is InChI=1S/C48H30O/c1-2-13-32(14-3-1)38-22-11-23-44-48(38)43-27-26-37(30-45(43)49-44)47-41-20-8-6-18-39(41)46(40-19-7-9-21-42(40)47)36-17-10-16-34(29-36)35-25-24-31-12-4-5-15-33(31)28-35/h1-30H/i1D,2D,3D,11D,13D,14D,22D,23D,26D,27D,30D. The van der Waals surface area contributed by atoms with Crippen LogP contribution in [0.5, 0.6) is 0 Å². The fourth-order valence-corrected chi connectivity index (χ4v) is 7.07. The van der Waals surface area contributed by atoms with Gasteiger partial charge in [-0.25, -0.2) is 0 Å². The molecule has 1 heterocycles. The monoisotopic (exact) mass is 633 g/mol. The first-order valence-electron chi connectivity index (χ1n) is 21.4. The zero-order valence-electron chi connectivity index (χ0n) is 36.9. The van der Waals surface area contributed by atoms with E-state index in [9.17, 15) is 4.11 Å². The van der Waals surface area contributed by atoms with Crippen molar-refractivity contribution >= 4 is 54.3 Å². The second-order valence-electron chi connectivity index (χ2n) is 12.0. The summed E-state index contributed by atoms with van der Waals surface area (Å²) < 4.78 is 104. The van der Waals surface area contributed by atoms with Gasteiger partial charge in [-0.1, -0.05) is 151 Å². The number of furan rings is 1. The third-order valence-electron chi connectivity index (χ3n) is 9.24. The van der Waals surface area contributed by atoms with Crippen molar-refractivity contribution < 1.29 is 19.5 Å². The van der Waals surface area contributed by atoms with Crippen LogP contribution in [0.3, 0.4) is 0 Å². The second kappa shape index (κ2) is 11.1. The highest BCUT2D eigenvalue weighted by Gasteiger charge is 2.19. The minimum absolute atomic E-state index is 0.100. The Morgan fingerprint density at radius 2 is 1.04 bits per heavy atom. The van der Waals surface area contributed by atoms with E-state index in [2.05, 4.69) is 48.5 Å². The van der Waals surface area contributed by atoms with E-state index in [0.717, 1.165) is 54.6 Å². The number of fused-ring (bicyclic) bond motifs is 6. The van der Waals surface area contributed by atoms with Crippen molar-refractivity contribution in [2.24, 2.45) is 0 Å². The summed E-state index contributed by atoms with van der Waals surface area (Å²) in [5.41, 5.74) is 3.48. The summed E-state index contributed by atoms with van der Waals surface area (Å²) in [5.74, 6) is 0. The first-order valence-corrected chi connectivity index (χ1v) is 15.9. The molecular weight excluding hydrogens is 593 g/mol. The molecule has 10 rings (SSSR count). The summed E-state index contributed by atoms with van der Waals surface area (Å²) in [6.45, 7) is 0. The van der Waals surface area contributed by atoms with Gasteiger partial charge in [-0.05, 0) is 107 Å². The van der Waals surface area contributed by atoms with E-state index in [0.29, 0.717) is 5.56 Å². The van der Waals surface area contributed by atoms with Gasteiger partial charge in [-0.3, -0.25) is 0 Å². The zero-order chi connectivity index (χ0) is 41.9. The SMILES string of the molecule is [2H]c1c([2H])c([2H])c(-c2c([2H])c([2H])c([2H])c3oc4c([2H])c(-c5c6ccccc6c(-c6cccc(-c7ccc8ccccc8c7)c6)c6ccccc56)c([2H])c([2H])c4c23)c([2H])c1[2H]. The van der Waals surface area contributed by atoms with Gasteiger partial charge in [0.15, 0.2) is 0 Å². The molecule has 0 spiro atoms. The normalized spacial score (nSPS) is 14.8. The summed E-state index contributed by atoms with van der Waals surface area (Å²) in [6, 6.07) is 32.5. The Kier molecular flexibility index (Phi) is 4.25. The van der Waals surface area contributed by atoms with Crippen LogP contribution < -0.4 is 0 Å². The lowest BCUT2D eigenvalue weighted by Gasteiger charge is -2.18. The fraction of sp³-hybridized carbons (Fsp3) is 0. The van der Waals surface area contributed by atoms with Gasteiger partial charge in [0.05, 0.1) is 15.1 Å². The van der Waals surface area contributed by atoms with Gasteiger partial charge in [-0.15, -0.1) is 0 Å². The molecule has 0 aliphatic carbocycles. The van der Waals surface area contributed by atoms with Gasteiger partial charge in [0.2, 0.25) is 0 Å². The molecule has 0 bridgehead atoms. The minimum Gasteiger partial charge on any atom is -0.456 e. The van der Waals surface area contributed by atoms with E-state index in [1.807, 2.05) is 66.7 Å². The largest absolute Gasteiger partial charge is 0.456 e. The Bertz CT molecular complexity index is 3430. The smallest absolute Gasteiger partial charge is 0.136 e. The lowest BCUT2D eigenvalue weighted by Crippen LogP contribution is -1.91. The van der Waals surface area contributed by atoms with Crippen molar-refractivity contribution in [3.05, 3.63) is 182 Å². The van der Waals surface area contributed by atoms with E-state index in [4.69, 9.17) is 15.4 Å². The molecule has 0 amide bonds. The van der Waals surface area contributed by atoms with Crippen molar-refractivity contribution in [3.63, 3.8) is 0 Å². The number of benzene rings is 9. The highest BCUT2D eigenvalue weighted by Crippen LogP contribution is 2.46. The van der Waals surface area contributed by atoms with Crippen LogP contribution in [0.2, 0.25) is 0 Å². The van der Waals surface area contributed by atoms with E-state index in [1.165, 1.54) is 0 Å². The third-order valence-corrected chi connectivity index (χ3v) is 9.24. The molecule has 228 valence electrons. The summed E-state index contributed by atoms with van der Waals surface area (Å²) in [6.07, 6.45) is 0. The average Bonchev–Trinajstić information content (AvgIpc) is 3.68. The number of rotatable bonds is 4. The quantitative estimate of drug-likeness (QED) is 0.176. The molecule has 1 aromatic heterocycles. The van der Waals surface area contributed by atoms with Crippen LogP contribution >= 0.6 is 0 Å². The Balaban J connectivity index is 1.27. The van der Waals surface area contributed by atoms with E-state index in [-0.39, 0.29) is 45.2 Å². The number of hydrogen-bond acceptors (Lipinski definition) is 1. The lowest BCUT2D eigenvalue weighted by atomic mass is 9.85. The molecule has 0 unspecified atom stereocenters. The molecule has 0 aliphatic heterocycles. The maximum Gasteiger partial charge on any atom is 0.136 e. The maximum atomic E-state index is 9.72. The molecule has 0 saturated heterocycles. The van der Waals surface area contributed by atoms with Crippen molar-refractivity contribution in [1.29, 1.82) is 0 Å². The van der Waals surface area contributed by atoms with Crippen molar-refractivity contribution in [3.8, 4) is 44.5 Å². The van der Waals surface area contributed by atoms with Crippen LogP contribution in [-0.2, 0) is 0 Å². The van der Waals surface area contributed by atoms with Crippen molar-refractivity contribution in [2.45, 2.75) is 0 Å². The topological polar surface area (TPSA) is 13.1 Å². The molecule has 9 aromatic carbocycles. The van der Waals surface area contributed by atoms with Gasteiger partial charge in [0.25, 0.3) is 0 Å². The molecule has 0 radical (unpaired) electrons. The van der Waals surface area contributed by atoms with E-state index < -0.39 is 59.9 Å². The molecule has 1 nitrogen and oxygen atoms in total. The fourth-order valence-electron chi connectivity index (χ4n) is 7.07. The Hall–Kier alpha value is -6.44. The summed E-state index contributed by atoms with van der Waals surface area (Å²) in [4.78, 5) is 0. The van der Waals surface area contributed by atoms with Gasteiger partial charge in [0.1, 0.15) is 11.2 Å². The molecule has 0 fully saturated rings. The third kappa shape index (κ3) is 4.47. The van der Waals surface area contributed by atoms with Crippen LogP contribution in [0.4, 0.5) is 0 Å². The molecule has 1 heteroatoms. The Morgan fingerprint density at radius 1 is 0.388 bits per heavy atom. The predicted molar refractivity (Wildman–Crippen MR) is 208 cm³/mol. The van der Waals surface area contributed by atoms with Gasteiger partial charge in [-0.2, -0.15) is 0 Å². The highest BCUT2D eigenvalue weighted by atomic mass is 16.3. The first kappa shape index (κ1) is 18.8. The molecule has 0 aliphatic rings. The van der Waals surface area contributed by atoms with E-state index in [1.54, 1.807) is 0 Å². The maximum absolute atomic E-state index is 9.72. The van der Waals surface area contributed by atoms with Crippen LogP contribution in [-0.4, -0.2) is 0 Å². The number of hydrogen-bond donors (Lipinski definition) is 0. The molecule has 0 atom stereocenters. The summed E-state index contributed by atoms with van der Waals surface area (Å²) in [5, 5.41) is 5.19. The molecule has 49 heavy (non-hydrogen) atoms. The molecular formula is C48H30O. The Labute approximate surface area is 299 Å².